The molecule has 11 heavy (non-hydrogen) atoms. The molecule has 0 rings (SSSR count). The number of nitrogens with two attached hydrogens (primary N) is 1. The Morgan fingerprint density at radius 2 is 2.18 bits per heavy atom. The molecule has 0 fully saturated rings. The number of halogens is 3. The summed E-state index contributed by atoms with van der Waals surface area (Å²) in [5.41, 5.74) is 4.88. The van der Waals surface area contributed by atoms with Crippen LogP contribution in [0.2, 0.25) is 0 Å². The Kier molecular flexibility index (Phi) is 3.88. The minimum Gasteiger partial charge on any atom is -0.480 e. The van der Waals surface area contributed by atoms with Crippen LogP contribution >= 0.6 is 15.9 Å². The van der Waals surface area contributed by atoms with Crippen molar-refractivity contribution in [2.45, 2.75) is 18.4 Å². The van der Waals surface area contributed by atoms with Crippen LogP contribution in [0.4, 0.5) is 8.78 Å². The van der Waals surface area contributed by atoms with Crippen LogP contribution in [0.1, 0.15) is 6.42 Å². The molecule has 0 aromatic heterocycles. The predicted octanol–water partition coefficient (Wildman–Crippen LogP) is 0.819. The van der Waals surface area contributed by atoms with Gasteiger partial charge in [-0.1, -0.05) is 15.9 Å². The number of hydrogen-bond acceptors (Lipinski definition) is 2. The quantitative estimate of drug-likeness (QED) is 0.705. The molecule has 0 heterocycles. The maximum atomic E-state index is 12.4. The van der Waals surface area contributed by atoms with Gasteiger partial charge in [0.15, 0.2) is 0 Å². The van der Waals surface area contributed by atoms with Gasteiger partial charge in [-0.25, -0.2) is 8.78 Å². The molecule has 0 aliphatic carbocycles. The normalized spacial score (nSPS) is 14.5. The molecule has 0 aliphatic heterocycles. The molecular formula is C5H8BrF2NO2. The summed E-state index contributed by atoms with van der Waals surface area (Å²) < 4.78 is 24.7. The highest BCUT2D eigenvalue weighted by atomic mass is 79.9. The topological polar surface area (TPSA) is 63.3 Å². The van der Waals surface area contributed by atoms with Crippen molar-refractivity contribution in [2.24, 2.45) is 5.73 Å². The van der Waals surface area contributed by atoms with E-state index in [9.17, 15) is 13.6 Å². The van der Waals surface area contributed by atoms with E-state index in [0.717, 1.165) is 0 Å². The zero-order valence-corrected chi connectivity index (χ0v) is 7.14. The minimum absolute atomic E-state index is 0.568. The summed E-state index contributed by atoms with van der Waals surface area (Å²) in [6, 6.07) is -1.50. The van der Waals surface area contributed by atoms with Crippen molar-refractivity contribution in [1.29, 1.82) is 0 Å². The Morgan fingerprint density at radius 3 is 2.45 bits per heavy atom. The second kappa shape index (κ2) is 3.96. The van der Waals surface area contributed by atoms with E-state index in [2.05, 4.69) is 15.9 Å². The molecule has 0 aliphatic rings. The number of rotatable bonds is 4. The fourth-order valence-electron chi connectivity index (χ4n) is 0.464. The maximum Gasteiger partial charge on any atom is 0.320 e. The van der Waals surface area contributed by atoms with E-state index in [-0.39, 0.29) is 0 Å². The van der Waals surface area contributed by atoms with Gasteiger partial charge in [-0.2, -0.15) is 0 Å². The molecule has 0 aromatic rings. The third kappa shape index (κ3) is 4.26. The Morgan fingerprint density at radius 1 is 1.73 bits per heavy atom. The lowest BCUT2D eigenvalue weighted by atomic mass is 10.1. The van der Waals surface area contributed by atoms with Crippen molar-refractivity contribution in [3.8, 4) is 0 Å². The van der Waals surface area contributed by atoms with Gasteiger partial charge in [-0.05, 0) is 0 Å². The Bertz CT molecular complexity index is 153. The maximum absolute atomic E-state index is 12.4. The summed E-state index contributed by atoms with van der Waals surface area (Å²) in [7, 11) is 0. The highest BCUT2D eigenvalue weighted by molar-refractivity contribution is 9.09. The Hall–Kier alpha value is -0.230. The third-order valence-electron chi connectivity index (χ3n) is 1.03. The van der Waals surface area contributed by atoms with Crippen molar-refractivity contribution in [3.63, 3.8) is 0 Å². The number of hydrogen-bond donors (Lipinski definition) is 2. The van der Waals surface area contributed by atoms with Gasteiger partial charge in [0.25, 0.3) is 5.92 Å². The zero-order chi connectivity index (χ0) is 9.07. The summed E-state index contributed by atoms with van der Waals surface area (Å²) in [6.45, 7) is 0. The molecule has 3 nitrogen and oxygen atoms in total. The number of carbonyl (C=O) groups is 1. The fraction of sp³-hybridized carbons (Fsp3) is 0.800. The van der Waals surface area contributed by atoms with Crippen molar-refractivity contribution in [3.05, 3.63) is 0 Å². The molecular weight excluding hydrogens is 224 g/mol. The largest absolute Gasteiger partial charge is 0.480 e. The predicted molar refractivity (Wildman–Crippen MR) is 39.0 cm³/mol. The van der Waals surface area contributed by atoms with Gasteiger partial charge in [-0.15, -0.1) is 0 Å². The molecule has 0 amide bonds. The van der Waals surface area contributed by atoms with Gasteiger partial charge in [0.1, 0.15) is 6.04 Å². The lowest BCUT2D eigenvalue weighted by Crippen LogP contribution is -2.37. The number of carboxylic acids is 1. The second-order valence-corrected chi connectivity index (χ2v) is 2.70. The summed E-state index contributed by atoms with van der Waals surface area (Å²) in [4.78, 5) is 10.0. The van der Waals surface area contributed by atoms with Crippen molar-refractivity contribution in [1.82, 2.24) is 0 Å². The molecule has 0 spiro atoms. The van der Waals surface area contributed by atoms with Gasteiger partial charge in [0.05, 0.1) is 5.33 Å². The van der Waals surface area contributed by atoms with Crippen LogP contribution in [0.15, 0.2) is 0 Å². The van der Waals surface area contributed by atoms with Crippen LogP contribution in [0.25, 0.3) is 0 Å². The molecule has 1 unspecified atom stereocenters. The Balaban J connectivity index is 3.93. The van der Waals surface area contributed by atoms with Gasteiger partial charge in [0.2, 0.25) is 0 Å². The molecule has 0 saturated carbocycles. The smallest absolute Gasteiger partial charge is 0.320 e. The standard InChI is InChI=1S/C5H8BrF2NO2/c6-2-5(7,8)1-3(9)4(10)11/h3H,1-2,9H2,(H,10,11). The molecule has 0 aromatic carbocycles. The van der Waals surface area contributed by atoms with Crippen LogP contribution < -0.4 is 5.73 Å². The highest BCUT2D eigenvalue weighted by Crippen LogP contribution is 2.21. The summed E-state index contributed by atoms with van der Waals surface area (Å²) in [6.07, 6.45) is -0.840. The number of aliphatic carboxylic acids is 1. The average molecular weight is 232 g/mol. The van der Waals surface area contributed by atoms with Gasteiger partial charge in [0, 0.05) is 6.42 Å². The highest BCUT2D eigenvalue weighted by Gasteiger charge is 2.32. The SMILES string of the molecule is NC(CC(F)(F)CBr)C(=O)O. The summed E-state index contributed by atoms with van der Waals surface area (Å²) >= 11 is 2.55. The fourth-order valence-corrected chi connectivity index (χ4v) is 0.693. The summed E-state index contributed by atoms with van der Waals surface area (Å²) in [5.74, 6) is -4.46. The lowest BCUT2D eigenvalue weighted by Gasteiger charge is -2.14. The lowest BCUT2D eigenvalue weighted by molar-refractivity contribution is -0.140. The van der Waals surface area contributed by atoms with Gasteiger partial charge in [-0.3, -0.25) is 4.79 Å². The van der Waals surface area contributed by atoms with E-state index in [0.29, 0.717) is 0 Å². The first-order valence-electron chi connectivity index (χ1n) is 2.81. The van der Waals surface area contributed by atoms with Crippen LogP contribution in [0.5, 0.6) is 0 Å². The molecule has 6 heteroatoms. The van der Waals surface area contributed by atoms with Crippen molar-refractivity contribution >= 4 is 21.9 Å². The minimum atomic E-state index is -3.04. The van der Waals surface area contributed by atoms with E-state index in [4.69, 9.17) is 10.8 Å². The molecule has 0 bridgehead atoms. The van der Waals surface area contributed by atoms with E-state index < -0.39 is 29.7 Å². The third-order valence-corrected chi connectivity index (χ3v) is 1.85. The zero-order valence-electron chi connectivity index (χ0n) is 5.56. The van der Waals surface area contributed by atoms with Crippen molar-refractivity contribution in [2.75, 3.05) is 5.33 Å². The van der Waals surface area contributed by atoms with E-state index in [1.165, 1.54) is 0 Å². The number of carboxylic acid groups (broad SMARTS) is 1. The molecule has 3 N–H and O–H groups in total. The van der Waals surface area contributed by atoms with Crippen LogP contribution in [-0.4, -0.2) is 28.4 Å². The first-order chi connectivity index (χ1) is 4.89. The molecule has 1 atom stereocenters. The first kappa shape index (κ1) is 10.8. The van der Waals surface area contributed by atoms with Gasteiger partial charge < -0.3 is 10.8 Å². The summed E-state index contributed by atoms with van der Waals surface area (Å²) in [5, 5.41) is 7.60. The van der Waals surface area contributed by atoms with E-state index in [1.807, 2.05) is 0 Å². The molecule has 0 saturated heterocycles. The second-order valence-electron chi connectivity index (χ2n) is 2.14. The van der Waals surface area contributed by atoms with Crippen LogP contribution in [-0.2, 0) is 4.79 Å². The molecule has 0 radical (unpaired) electrons. The van der Waals surface area contributed by atoms with E-state index in [1.54, 1.807) is 0 Å². The average Bonchev–Trinajstić information content (AvgIpc) is 1.87. The molecule has 66 valence electrons. The number of alkyl halides is 3. The first-order valence-corrected chi connectivity index (χ1v) is 3.93. The van der Waals surface area contributed by atoms with Crippen LogP contribution in [0.3, 0.4) is 0 Å². The van der Waals surface area contributed by atoms with E-state index >= 15 is 0 Å². The van der Waals surface area contributed by atoms with Gasteiger partial charge >= 0.3 is 5.97 Å². The van der Waals surface area contributed by atoms with Crippen molar-refractivity contribution < 1.29 is 18.7 Å². The Labute approximate surface area is 70.7 Å². The monoisotopic (exact) mass is 231 g/mol. The van der Waals surface area contributed by atoms with Crippen LogP contribution in [0, 0.1) is 0 Å².